The van der Waals surface area contributed by atoms with Gasteiger partial charge in [0.05, 0.1) is 17.3 Å². The number of aliphatic hydroxyl groups excluding tert-OH is 1. The van der Waals surface area contributed by atoms with Crippen LogP contribution in [-0.2, 0) is 16.0 Å². The molecule has 1 unspecified atom stereocenters. The van der Waals surface area contributed by atoms with Crippen LogP contribution < -0.4 is 0 Å². The summed E-state index contributed by atoms with van der Waals surface area (Å²) < 4.78 is 1.70. The predicted octanol–water partition coefficient (Wildman–Crippen LogP) is 4.01. The Labute approximate surface area is 196 Å². The third kappa shape index (κ3) is 3.61. The first kappa shape index (κ1) is 21.5. The van der Waals surface area contributed by atoms with E-state index in [2.05, 4.69) is 4.98 Å². The maximum atomic E-state index is 13.3. The van der Waals surface area contributed by atoms with Crippen molar-refractivity contribution in [1.29, 1.82) is 0 Å². The molecule has 0 aliphatic carbocycles. The van der Waals surface area contributed by atoms with Crippen LogP contribution in [0.3, 0.4) is 0 Å². The van der Waals surface area contributed by atoms with Gasteiger partial charge < -0.3 is 15.1 Å². The number of phenols is 1. The number of phenolic OH excluding ortho intramolecular Hbond substituents is 1. The average Bonchev–Trinajstić information content (AvgIpc) is 3.31. The number of benzene rings is 2. The van der Waals surface area contributed by atoms with Gasteiger partial charge in [0.15, 0.2) is 5.76 Å². The number of likely N-dealkylation sites (tertiary alicyclic amines) is 1. The highest BCUT2D eigenvalue weighted by Crippen LogP contribution is 2.40. The van der Waals surface area contributed by atoms with Crippen molar-refractivity contribution in [2.45, 2.75) is 19.4 Å². The van der Waals surface area contributed by atoms with Crippen LogP contribution in [0.25, 0.3) is 11.4 Å². The normalized spacial score (nSPS) is 17.6. The Morgan fingerprint density at radius 3 is 2.53 bits per heavy atom. The molecule has 7 nitrogen and oxygen atoms in total. The quantitative estimate of drug-likeness (QED) is 0.270. The van der Waals surface area contributed by atoms with Gasteiger partial charge in [0.1, 0.15) is 17.1 Å². The minimum atomic E-state index is -0.843. The third-order valence-corrected chi connectivity index (χ3v) is 6.14. The molecule has 1 amide bonds. The van der Waals surface area contributed by atoms with Crippen molar-refractivity contribution in [2.75, 3.05) is 6.54 Å². The van der Waals surface area contributed by atoms with Gasteiger partial charge in [0.25, 0.3) is 11.7 Å². The van der Waals surface area contributed by atoms with E-state index in [0.29, 0.717) is 29.0 Å². The maximum Gasteiger partial charge on any atom is 0.295 e. The van der Waals surface area contributed by atoms with Gasteiger partial charge in [-0.05, 0) is 48.7 Å². The zero-order valence-electron chi connectivity index (χ0n) is 18.5. The minimum absolute atomic E-state index is 0.0112. The number of carbonyl (C=O) groups is 2. The molecule has 5 rings (SSSR count). The molecule has 1 aliphatic heterocycles. The summed E-state index contributed by atoms with van der Waals surface area (Å²) in [5.41, 5.74) is 3.07. The van der Waals surface area contributed by atoms with Crippen molar-refractivity contribution in [2.24, 2.45) is 0 Å². The lowest BCUT2D eigenvalue weighted by atomic mass is 9.96. The predicted molar refractivity (Wildman–Crippen MR) is 127 cm³/mol. The van der Waals surface area contributed by atoms with Crippen LogP contribution in [0, 0.1) is 6.92 Å². The number of aromatic nitrogens is 2. The standard InChI is InChI=1S/C27H23N3O4/c1-17-23(29-14-6-5-12-21(29)28-17)25(32)22-24(19-10-7-11-20(31)16-19)30(27(34)26(22)33)15-13-18-8-3-2-4-9-18/h2-12,14,16,24,31-32H,13,15H2,1H3/b25-22+. The Balaban J connectivity index is 1.66. The number of imidazole rings is 1. The molecule has 170 valence electrons. The van der Waals surface area contributed by atoms with E-state index in [0.717, 1.165) is 5.56 Å². The van der Waals surface area contributed by atoms with E-state index < -0.39 is 17.7 Å². The first-order valence-corrected chi connectivity index (χ1v) is 11.0. The number of carbonyl (C=O) groups excluding carboxylic acids is 2. The fraction of sp³-hybridized carbons (Fsp3) is 0.148. The lowest BCUT2D eigenvalue weighted by Gasteiger charge is -2.25. The SMILES string of the molecule is Cc1nc2ccccn2c1/C(O)=C1\C(=O)C(=O)N(CCc2ccccc2)C1c1cccc(O)c1. The zero-order valence-corrected chi connectivity index (χ0v) is 18.5. The lowest BCUT2D eigenvalue weighted by molar-refractivity contribution is -0.139. The zero-order chi connectivity index (χ0) is 23.8. The molecule has 2 aromatic carbocycles. The summed E-state index contributed by atoms with van der Waals surface area (Å²) in [7, 11) is 0. The number of hydrogen-bond acceptors (Lipinski definition) is 5. The van der Waals surface area contributed by atoms with Crippen LogP contribution in [0.5, 0.6) is 5.75 Å². The highest BCUT2D eigenvalue weighted by Gasteiger charge is 2.46. The van der Waals surface area contributed by atoms with Gasteiger partial charge in [0.2, 0.25) is 0 Å². The molecule has 1 atom stereocenters. The number of aryl methyl sites for hydroxylation is 1. The maximum absolute atomic E-state index is 13.3. The molecule has 0 bridgehead atoms. The number of amides is 1. The summed E-state index contributed by atoms with van der Waals surface area (Å²) >= 11 is 0. The molecule has 0 saturated carbocycles. The third-order valence-electron chi connectivity index (χ3n) is 6.14. The summed E-state index contributed by atoms with van der Waals surface area (Å²) in [6, 6.07) is 20.7. The molecular formula is C27H23N3O4. The Bertz CT molecular complexity index is 1440. The highest BCUT2D eigenvalue weighted by atomic mass is 16.3. The molecule has 2 N–H and O–H groups in total. The van der Waals surface area contributed by atoms with Crippen molar-refractivity contribution >= 4 is 23.1 Å². The second kappa shape index (κ2) is 8.51. The van der Waals surface area contributed by atoms with Gasteiger partial charge in [-0.3, -0.25) is 14.0 Å². The monoisotopic (exact) mass is 453 g/mol. The molecular weight excluding hydrogens is 430 g/mol. The molecule has 1 fully saturated rings. The van der Waals surface area contributed by atoms with E-state index in [-0.39, 0.29) is 23.6 Å². The summed E-state index contributed by atoms with van der Waals surface area (Å²) in [5, 5.41) is 21.5. The number of aliphatic hydroxyl groups is 1. The van der Waals surface area contributed by atoms with Crippen LogP contribution in [0.2, 0.25) is 0 Å². The molecule has 0 spiro atoms. The van der Waals surface area contributed by atoms with Crippen LogP contribution in [-0.4, -0.2) is 42.7 Å². The van der Waals surface area contributed by atoms with Gasteiger partial charge in [-0.15, -0.1) is 0 Å². The van der Waals surface area contributed by atoms with E-state index in [1.165, 1.54) is 17.0 Å². The molecule has 2 aromatic heterocycles. The van der Waals surface area contributed by atoms with Crippen LogP contribution in [0.1, 0.15) is 28.6 Å². The van der Waals surface area contributed by atoms with Gasteiger partial charge >= 0.3 is 0 Å². The summed E-state index contributed by atoms with van der Waals surface area (Å²) in [5.74, 6) is -1.72. The smallest absolute Gasteiger partial charge is 0.295 e. The average molecular weight is 453 g/mol. The fourth-order valence-electron chi connectivity index (χ4n) is 4.57. The largest absolute Gasteiger partial charge is 0.508 e. The number of aromatic hydroxyl groups is 1. The Hall–Kier alpha value is -4.39. The number of hydrogen-bond donors (Lipinski definition) is 2. The summed E-state index contributed by atoms with van der Waals surface area (Å²) in [4.78, 5) is 32.4. The molecule has 34 heavy (non-hydrogen) atoms. The number of fused-ring (bicyclic) bond motifs is 1. The highest BCUT2D eigenvalue weighted by molar-refractivity contribution is 6.46. The van der Waals surface area contributed by atoms with Crippen molar-refractivity contribution in [3.8, 4) is 5.75 Å². The Morgan fingerprint density at radius 1 is 1.00 bits per heavy atom. The van der Waals surface area contributed by atoms with Crippen molar-refractivity contribution in [3.63, 3.8) is 0 Å². The number of nitrogens with zero attached hydrogens (tertiary/aromatic N) is 3. The topological polar surface area (TPSA) is 95.1 Å². The van der Waals surface area contributed by atoms with E-state index in [1.807, 2.05) is 36.4 Å². The van der Waals surface area contributed by atoms with Gasteiger partial charge in [-0.25, -0.2) is 4.98 Å². The van der Waals surface area contributed by atoms with Crippen molar-refractivity contribution in [1.82, 2.24) is 14.3 Å². The second-order valence-electron chi connectivity index (χ2n) is 8.30. The first-order chi connectivity index (χ1) is 16.5. The van der Waals surface area contributed by atoms with Gasteiger partial charge in [-0.2, -0.15) is 0 Å². The molecule has 1 saturated heterocycles. The first-order valence-electron chi connectivity index (χ1n) is 11.0. The Kier molecular flexibility index (Phi) is 5.37. The summed E-state index contributed by atoms with van der Waals surface area (Å²) in [6.07, 6.45) is 2.29. The van der Waals surface area contributed by atoms with Gasteiger partial charge in [0, 0.05) is 12.7 Å². The molecule has 0 radical (unpaired) electrons. The van der Waals surface area contributed by atoms with E-state index in [1.54, 1.807) is 41.8 Å². The van der Waals surface area contributed by atoms with E-state index in [9.17, 15) is 19.8 Å². The fourth-order valence-corrected chi connectivity index (χ4v) is 4.57. The van der Waals surface area contributed by atoms with Crippen molar-refractivity contribution in [3.05, 3.63) is 107 Å². The number of pyridine rings is 1. The number of Topliss-reactive ketones (excluding diaryl/α,β-unsaturated/α-hetero) is 1. The number of ketones is 1. The Morgan fingerprint density at radius 2 is 1.76 bits per heavy atom. The van der Waals surface area contributed by atoms with E-state index >= 15 is 0 Å². The molecule has 3 heterocycles. The second-order valence-corrected chi connectivity index (χ2v) is 8.30. The molecule has 7 heteroatoms. The van der Waals surface area contributed by atoms with E-state index in [4.69, 9.17) is 0 Å². The summed E-state index contributed by atoms with van der Waals surface area (Å²) in [6.45, 7) is 2.02. The number of rotatable bonds is 5. The van der Waals surface area contributed by atoms with Gasteiger partial charge in [-0.1, -0.05) is 48.5 Å². The van der Waals surface area contributed by atoms with Crippen LogP contribution >= 0.6 is 0 Å². The molecule has 4 aromatic rings. The van der Waals surface area contributed by atoms with Crippen LogP contribution in [0.15, 0.2) is 84.6 Å². The minimum Gasteiger partial charge on any atom is -0.508 e. The van der Waals surface area contributed by atoms with Crippen molar-refractivity contribution < 1.29 is 19.8 Å². The molecule has 1 aliphatic rings. The lowest BCUT2D eigenvalue weighted by Crippen LogP contribution is -2.31. The van der Waals surface area contributed by atoms with Crippen LogP contribution in [0.4, 0.5) is 0 Å².